The number of nitrogens with zero attached hydrogens (tertiary/aromatic N) is 1. The molecule has 2 N–H and O–H groups in total. The summed E-state index contributed by atoms with van der Waals surface area (Å²) in [6, 6.07) is 6.58. The van der Waals surface area contributed by atoms with E-state index in [1.807, 2.05) is 0 Å². The van der Waals surface area contributed by atoms with Crippen molar-refractivity contribution in [3.8, 4) is 5.75 Å². The number of pyridine rings is 1. The smallest absolute Gasteiger partial charge is 0.258 e. The number of phenolic OH excluding ortho intramolecular Hbond substituents is 1. The van der Waals surface area contributed by atoms with Crippen LogP contribution in [0.1, 0.15) is 21.5 Å². The van der Waals surface area contributed by atoms with Crippen molar-refractivity contribution < 1.29 is 9.90 Å². The zero-order chi connectivity index (χ0) is 14.0. The third-order valence-corrected chi connectivity index (χ3v) is 3.10. The Morgan fingerprint density at radius 3 is 2.74 bits per heavy atom. The van der Waals surface area contributed by atoms with E-state index in [1.165, 1.54) is 6.20 Å². The number of aromatic nitrogens is 1. The predicted molar refractivity (Wildman–Crippen MR) is 74.8 cm³/mol. The Labute approximate surface area is 116 Å². The minimum Gasteiger partial charge on any atom is -0.508 e. The van der Waals surface area contributed by atoms with Crippen molar-refractivity contribution in [2.75, 3.05) is 5.32 Å². The van der Waals surface area contributed by atoms with Gasteiger partial charge in [-0.2, -0.15) is 0 Å². The van der Waals surface area contributed by atoms with Crippen LogP contribution < -0.4 is 5.32 Å². The maximum atomic E-state index is 12.1. The lowest BCUT2D eigenvalue weighted by molar-refractivity contribution is 0.102. The van der Waals surface area contributed by atoms with Crippen LogP contribution in [-0.2, 0) is 0 Å². The Morgan fingerprint density at radius 2 is 2.05 bits per heavy atom. The van der Waals surface area contributed by atoms with E-state index >= 15 is 0 Å². The van der Waals surface area contributed by atoms with Gasteiger partial charge in [-0.15, -0.1) is 0 Å². The molecular formula is C14H13ClN2O2. The van der Waals surface area contributed by atoms with Gasteiger partial charge in [0.1, 0.15) is 10.9 Å². The molecule has 0 spiro atoms. The number of amides is 1. The van der Waals surface area contributed by atoms with Crippen LogP contribution >= 0.6 is 11.6 Å². The summed E-state index contributed by atoms with van der Waals surface area (Å²) >= 11 is 5.87. The van der Waals surface area contributed by atoms with Gasteiger partial charge in [-0.1, -0.05) is 11.6 Å². The van der Waals surface area contributed by atoms with Crippen LogP contribution in [0.15, 0.2) is 30.5 Å². The van der Waals surface area contributed by atoms with Crippen molar-refractivity contribution in [1.82, 2.24) is 4.98 Å². The highest BCUT2D eigenvalue weighted by Gasteiger charge is 2.12. The van der Waals surface area contributed by atoms with Crippen LogP contribution in [0.4, 0.5) is 5.69 Å². The van der Waals surface area contributed by atoms with Gasteiger partial charge in [0.15, 0.2) is 0 Å². The highest BCUT2D eigenvalue weighted by Crippen LogP contribution is 2.25. The van der Waals surface area contributed by atoms with Gasteiger partial charge in [-0.3, -0.25) is 4.79 Å². The van der Waals surface area contributed by atoms with Gasteiger partial charge in [0.05, 0.1) is 5.56 Å². The number of carbonyl (C=O) groups excluding carboxylic acids is 1. The molecular weight excluding hydrogens is 264 g/mol. The van der Waals surface area contributed by atoms with Gasteiger partial charge in [-0.05, 0) is 49.2 Å². The van der Waals surface area contributed by atoms with E-state index in [2.05, 4.69) is 10.3 Å². The molecule has 0 atom stereocenters. The average molecular weight is 277 g/mol. The van der Waals surface area contributed by atoms with Gasteiger partial charge in [0.25, 0.3) is 5.91 Å². The number of aryl methyl sites for hydroxylation is 2. The first kappa shape index (κ1) is 13.4. The Hall–Kier alpha value is -2.07. The molecule has 0 aliphatic rings. The maximum Gasteiger partial charge on any atom is 0.258 e. The van der Waals surface area contributed by atoms with Crippen molar-refractivity contribution in [1.29, 1.82) is 0 Å². The molecule has 1 amide bonds. The Balaban J connectivity index is 2.30. The number of nitrogens with one attached hydrogen (secondary N) is 1. The number of halogens is 1. The number of hydrogen-bond donors (Lipinski definition) is 2. The van der Waals surface area contributed by atoms with Crippen LogP contribution in [0.5, 0.6) is 5.75 Å². The summed E-state index contributed by atoms with van der Waals surface area (Å²) in [5.41, 5.74) is 2.42. The van der Waals surface area contributed by atoms with E-state index in [0.717, 1.165) is 5.56 Å². The molecule has 0 unspecified atom stereocenters. The Morgan fingerprint density at radius 1 is 1.32 bits per heavy atom. The predicted octanol–water partition coefficient (Wildman–Crippen LogP) is 3.31. The van der Waals surface area contributed by atoms with Crippen LogP contribution in [0.3, 0.4) is 0 Å². The zero-order valence-electron chi connectivity index (χ0n) is 10.6. The summed E-state index contributed by atoms with van der Waals surface area (Å²) in [7, 11) is 0. The largest absolute Gasteiger partial charge is 0.508 e. The standard InChI is InChI=1S/C14H13ClN2O2/c1-8-7-12(18)9(2)6-11(8)17-14(19)10-4-3-5-16-13(10)15/h3-7,18H,1-2H3,(H,17,19). The monoisotopic (exact) mass is 276 g/mol. The molecule has 5 heteroatoms. The number of phenols is 1. The summed E-state index contributed by atoms with van der Waals surface area (Å²) in [6.45, 7) is 3.57. The third-order valence-electron chi connectivity index (χ3n) is 2.79. The van der Waals surface area contributed by atoms with Crippen molar-refractivity contribution in [2.24, 2.45) is 0 Å². The number of anilines is 1. The molecule has 2 aromatic rings. The lowest BCUT2D eigenvalue weighted by Gasteiger charge is -2.11. The summed E-state index contributed by atoms with van der Waals surface area (Å²) in [6.07, 6.45) is 1.52. The molecule has 0 aliphatic carbocycles. The Bertz CT molecular complexity index is 641. The summed E-state index contributed by atoms with van der Waals surface area (Å²) in [5, 5.41) is 12.5. The second-order valence-corrected chi connectivity index (χ2v) is 4.61. The number of rotatable bonds is 2. The molecule has 0 bridgehead atoms. The fourth-order valence-corrected chi connectivity index (χ4v) is 1.89. The lowest BCUT2D eigenvalue weighted by atomic mass is 10.1. The molecule has 1 aromatic carbocycles. The molecule has 4 nitrogen and oxygen atoms in total. The van der Waals surface area contributed by atoms with E-state index in [0.29, 0.717) is 16.8 Å². The third kappa shape index (κ3) is 2.85. The van der Waals surface area contributed by atoms with Gasteiger partial charge in [0, 0.05) is 11.9 Å². The fraction of sp³-hybridized carbons (Fsp3) is 0.143. The first-order chi connectivity index (χ1) is 8.99. The zero-order valence-corrected chi connectivity index (χ0v) is 11.3. The molecule has 0 fully saturated rings. The first-order valence-electron chi connectivity index (χ1n) is 5.71. The molecule has 0 saturated heterocycles. The van der Waals surface area contributed by atoms with E-state index in [9.17, 15) is 9.90 Å². The quantitative estimate of drug-likeness (QED) is 0.653. The van der Waals surface area contributed by atoms with E-state index in [4.69, 9.17) is 11.6 Å². The molecule has 1 aromatic heterocycles. The van der Waals surface area contributed by atoms with Crippen molar-refractivity contribution in [3.63, 3.8) is 0 Å². The minimum absolute atomic E-state index is 0.160. The van der Waals surface area contributed by atoms with Crippen LogP contribution in [0.2, 0.25) is 5.15 Å². The van der Waals surface area contributed by atoms with Crippen LogP contribution in [0.25, 0.3) is 0 Å². The topological polar surface area (TPSA) is 62.2 Å². The first-order valence-corrected chi connectivity index (χ1v) is 6.09. The van der Waals surface area contributed by atoms with Gasteiger partial charge >= 0.3 is 0 Å². The normalized spacial score (nSPS) is 10.3. The number of carbonyl (C=O) groups is 1. The van der Waals surface area contributed by atoms with Crippen molar-refractivity contribution >= 4 is 23.2 Å². The van der Waals surface area contributed by atoms with E-state index in [1.54, 1.807) is 38.1 Å². The maximum absolute atomic E-state index is 12.1. The van der Waals surface area contributed by atoms with Crippen molar-refractivity contribution in [3.05, 3.63) is 52.3 Å². The molecule has 0 aliphatic heterocycles. The van der Waals surface area contributed by atoms with Crippen LogP contribution in [-0.4, -0.2) is 16.0 Å². The number of hydrogen-bond acceptors (Lipinski definition) is 3. The van der Waals surface area contributed by atoms with E-state index < -0.39 is 0 Å². The van der Waals surface area contributed by atoms with Gasteiger partial charge in [-0.25, -0.2) is 4.98 Å². The minimum atomic E-state index is -0.328. The summed E-state index contributed by atoms with van der Waals surface area (Å²) in [5.74, 6) is -0.124. The van der Waals surface area contributed by atoms with E-state index in [-0.39, 0.29) is 16.8 Å². The second-order valence-electron chi connectivity index (χ2n) is 4.25. The molecule has 0 saturated carbocycles. The SMILES string of the molecule is Cc1cc(NC(=O)c2cccnc2Cl)c(C)cc1O. The number of aromatic hydroxyl groups is 1. The fourth-order valence-electron chi connectivity index (χ4n) is 1.68. The lowest BCUT2D eigenvalue weighted by Crippen LogP contribution is -2.13. The van der Waals surface area contributed by atoms with Crippen molar-refractivity contribution in [2.45, 2.75) is 13.8 Å². The van der Waals surface area contributed by atoms with Gasteiger partial charge in [0.2, 0.25) is 0 Å². The second kappa shape index (κ2) is 5.28. The summed E-state index contributed by atoms with van der Waals surface area (Å²) in [4.78, 5) is 15.9. The summed E-state index contributed by atoms with van der Waals surface area (Å²) < 4.78 is 0. The molecule has 2 rings (SSSR count). The highest BCUT2D eigenvalue weighted by atomic mass is 35.5. The molecule has 0 radical (unpaired) electrons. The van der Waals surface area contributed by atoms with Crippen LogP contribution in [0, 0.1) is 13.8 Å². The average Bonchev–Trinajstić information content (AvgIpc) is 2.36. The number of benzene rings is 1. The van der Waals surface area contributed by atoms with Gasteiger partial charge < -0.3 is 10.4 Å². The molecule has 98 valence electrons. The molecule has 19 heavy (non-hydrogen) atoms. The Kier molecular flexibility index (Phi) is 3.71. The highest BCUT2D eigenvalue weighted by molar-refractivity contribution is 6.33. The molecule has 1 heterocycles.